The van der Waals surface area contributed by atoms with Crippen LogP contribution < -0.4 is 54.4 Å². The van der Waals surface area contributed by atoms with Gasteiger partial charge in [0.1, 0.15) is 55.5 Å². The van der Waals surface area contributed by atoms with Crippen LogP contribution in [0.1, 0.15) is 91.7 Å². The number of carbonyl (C=O) groups excluding carboxylic acids is 10. The van der Waals surface area contributed by atoms with E-state index < -0.39 is 164 Å². The average Bonchev–Trinajstić information content (AvgIpc) is 3.50. The van der Waals surface area contributed by atoms with Crippen molar-refractivity contribution in [3.63, 3.8) is 0 Å². The fourth-order valence-electron chi connectivity index (χ4n) is 7.53. The van der Waals surface area contributed by atoms with Crippen LogP contribution in [0, 0.1) is 17.8 Å². The van der Waals surface area contributed by atoms with Crippen LogP contribution in [0.25, 0.3) is 0 Å². The molecule has 0 saturated carbocycles. The molecular weight excluding hydrogens is 1080 g/mol. The molecule has 0 spiro atoms. The van der Waals surface area contributed by atoms with Crippen molar-refractivity contribution < 1.29 is 82.6 Å². The fourth-order valence-corrected chi connectivity index (χ4v) is 7.53. The maximum atomic E-state index is 14.6. The Balaban J connectivity index is 2.52. The second-order valence-electron chi connectivity index (χ2n) is 20.0. The normalized spacial score (nSPS) is 15.0. The molecule has 0 heterocycles. The van der Waals surface area contributed by atoms with Crippen LogP contribution >= 0.6 is 0 Å². The summed E-state index contributed by atoms with van der Waals surface area (Å²) in [5, 5.41) is 56.1. The maximum Gasteiger partial charge on any atom is 0.437 e. The third-order valence-electron chi connectivity index (χ3n) is 12.4. The Morgan fingerprint density at radius 1 is 0.646 bits per heavy atom. The third kappa shape index (κ3) is 24.6. The van der Waals surface area contributed by atoms with E-state index in [1.165, 1.54) is 0 Å². The highest BCUT2D eigenvalue weighted by atomic mass is 16.6. The van der Waals surface area contributed by atoms with Crippen LogP contribution in [0.4, 0.5) is 9.59 Å². The zero-order chi connectivity index (χ0) is 61.8. The maximum absolute atomic E-state index is 14.6. The topological polar surface area (TPSA) is 465 Å². The van der Waals surface area contributed by atoms with E-state index in [0.29, 0.717) is 11.1 Å². The third-order valence-corrected chi connectivity index (χ3v) is 12.4. The lowest BCUT2D eigenvalue weighted by molar-refractivity contribution is -0.143. The molecule has 0 aliphatic carbocycles. The summed E-state index contributed by atoms with van der Waals surface area (Å²) < 4.78 is 10.7. The number of aliphatic hydroxyl groups excluding tert-OH is 3. The number of carboxylic acid groups (broad SMARTS) is 1. The molecule has 82 heavy (non-hydrogen) atoms. The molecular formula is C53H80N12O17. The van der Waals surface area contributed by atoms with Crippen LogP contribution in [-0.4, -0.2) is 171 Å². The molecule has 0 saturated heterocycles. The predicted octanol–water partition coefficient (Wildman–Crippen LogP) is -2.15. The number of carboxylic acids is 1. The van der Waals surface area contributed by atoms with Crippen molar-refractivity contribution in [2.45, 2.75) is 148 Å². The van der Waals surface area contributed by atoms with Gasteiger partial charge in [0.25, 0.3) is 0 Å². The average molecular weight is 1160 g/mol. The molecule has 0 aromatic heterocycles. The standard InChI is InChI=1S/C53H80N12O17/c1-8-30(6)41(49(76)63-42(31(7)67)48(75)57-24-39(69)58-36(23-38(54)68)46(73)61-37(25-66)50(77)78)62-44(71)34(59-45(72)35(22-28(2)3)60-47(74)40(55)43(70)29(4)5)20-15-21-65(53(80)82-27-33-18-13-10-14-19-33)51(56)64-52(79)81-26-32-16-11-9-12-17-32/h9-14,16-19,28-31,34-37,40-43,66-67,70H,8,15,20-27,55H2,1-7H3,(H2,54,68)(H,57,75)(H,58,69)(H,59,72)(H,60,74)(H,61,73)(H,62,71)(H,63,76)(H,77,78)(H2,56,64,79)/t30-,31-,34+,35-,36-,37-,40-,41-,42-,43+/m0/s1. The van der Waals surface area contributed by atoms with Gasteiger partial charge < -0.3 is 84.3 Å². The van der Waals surface area contributed by atoms with E-state index in [-0.39, 0.29) is 44.8 Å². The van der Waals surface area contributed by atoms with E-state index in [4.69, 9.17) is 26.7 Å². The molecule has 2 rings (SSSR count). The van der Waals surface area contributed by atoms with Crippen LogP contribution in [0.2, 0.25) is 0 Å². The molecule has 0 fully saturated rings. The Kier molecular flexibility index (Phi) is 30.2. The Bertz CT molecular complexity index is 2500. The molecule has 0 bridgehead atoms. The summed E-state index contributed by atoms with van der Waals surface area (Å²) >= 11 is 0. The zero-order valence-electron chi connectivity index (χ0n) is 47.0. The number of aliphatic hydroxyl groups is 3. The van der Waals surface area contributed by atoms with Crippen molar-refractivity contribution in [1.82, 2.24) is 42.1 Å². The Morgan fingerprint density at radius 2 is 1.17 bits per heavy atom. The van der Waals surface area contributed by atoms with Gasteiger partial charge in [-0.3, -0.25) is 38.4 Å². The molecule has 454 valence electrons. The van der Waals surface area contributed by atoms with Crippen molar-refractivity contribution in [3.05, 3.63) is 71.8 Å². The molecule has 17 N–H and O–H groups in total. The van der Waals surface area contributed by atoms with E-state index in [9.17, 15) is 73.2 Å². The number of amides is 10. The SMILES string of the molecule is CC[C@H](C)[C@H](NC(=O)[C@@H](CCCN(C(=O)OCc1ccccc1)/C(N)=N/C(=O)OCc1ccccc1)NC(=O)[C@H](CC(C)C)NC(=O)[C@@H](N)[C@H](O)C(C)C)C(=O)N[C@H](C(=O)NCC(=O)N[C@@H](CC(N)=O)C(=O)N[C@@H](CO)C(=O)O)[C@H](C)O. The van der Waals surface area contributed by atoms with Crippen molar-refractivity contribution in [2.24, 2.45) is 39.9 Å². The first-order chi connectivity index (χ1) is 38.6. The highest BCUT2D eigenvalue weighted by molar-refractivity contribution is 5.99. The summed E-state index contributed by atoms with van der Waals surface area (Å²) in [6.07, 6.45) is -6.35. The van der Waals surface area contributed by atoms with Gasteiger partial charge in [-0.1, -0.05) is 109 Å². The molecule has 2 aromatic rings. The van der Waals surface area contributed by atoms with Gasteiger partial charge in [0.05, 0.1) is 31.8 Å². The summed E-state index contributed by atoms with van der Waals surface area (Å²) in [5.74, 6) is -12.1. The molecule has 29 heteroatoms. The van der Waals surface area contributed by atoms with Crippen molar-refractivity contribution in [2.75, 3.05) is 19.7 Å². The Morgan fingerprint density at radius 3 is 1.68 bits per heavy atom. The van der Waals surface area contributed by atoms with E-state index >= 15 is 0 Å². The summed E-state index contributed by atoms with van der Waals surface area (Å²) in [6.45, 7) is 8.31. The minimum atomic E-state index is -1.82. The first kappa shape index (κ1) is 69.8. The number of aliphatic imine (C=N–C) groups is 1. The fraction of sp³-hybridized carbons (Fsp3) is 0.547. The first-order valence-corrected chi connectivity index (χ1v) is 26.5. The van der Waals surface area contributed by atoms with Crippen molar-refractivity contribution >= 4 is 71.4 Å². The summed E-state index contributed by atoms with van der Waals surface area (Å²) in [7, 11) is 0. The number of carbonyl (C=O) groups is 11. The van der Waals surface area contributed by atoms with Gasteiger partial charge in [0.2, 0.25) is 53.2 Å². The number of nitrogens with zero attached hydrogens (tertiary/aromatic N) is 2. The number of nitrogens with two attached hydrogens (primary N) is 3. The number of hydrogen-bond acceptors (Lipinski definition) is 17. The molecule has 0 radical (unpaired) electrons. The molecule has 0 aliphatic rings. The lowest BCUT2D eigenvalue weighted by Crippen LogP contribution is -2.62. The molecule has 2 aromatic carbocycles. The van der Waals surface area contributed by atoms with E-state index in [1.807, 2.05) is 5.32 Å². The van der Waals surface area contributed by atoms with Gasteiger partial charge in [-0.05, 0) is 55.1 Å². The number of benzene rings is 2. The number of nitrogens with one attached hydrogen (secondary N) is 7. The van der Waals surface area contributed by atoms with Crippen molar-refractivity contribution in [1.29, 1.82) is 0 Å². The zero-order valence-corrected chi connectivity index (χ0v) is 47.0. The van der Waals surface area contributed by atoms with Gasteiger partial charge in [-0.15, -0.1) is 4.99 Å². The Hall–Kier alpha value is -8.28. The number of rotatable bonds is 33. The molecule has 29 nitrogen and oxygen atoms in total. The van der Waals surface area contributed by atoms with Gasteiger partial charge in [-0.25, -0.2) is 19.3 Å². The van der Waals surface area contributed by atoms with E-state index in [2.05, 4.69) is 36.9 Å². The van der Waals surface area contributed by atoms with Crippen LogP contribution in [0.5, 0.6) is 0 Å². The first-order valence-electron chi connectivity index (χ1n) is 26.5. The molecule has 0 unspecified atom stereocenters. The molecule has 10 atom stereocenters. The summed E-state index contributed by atoms with van der Waals surface area (Å²) in [5.41, 5.74) is 18.7. The summed E-state index contributed by atoms with van der Waals surface area (Å²) in [4.78, 5) is 150. The largest absolute Gasteiger partial charge is 0.480 e. The Labute approximate surface area is 474 Å². The van der Waals surface area contributed by atoms with E-state index in [0.717, 1.165) is 11.8 Å². The van der Waals surface area contributed by atoms with Gasteiger partial charge in [-0.2, -0.15) is 0 Å². The van der Waals surface area contributed by atoms with E-state index in [1.54, 1.807) is 102 Å². The van der Waals surface area contributed by atoms with Crippen LogP contribution in [-0.2, 0) is 65.8 Å². The van der Waals surface area contributed by atoms with Gasteiger partial charge >= 0.3 is 18.2 Å². The highest BCUT2D eigenvalue weighted by Gasteiger charge is 2.37. The summed E-state index contributed by atoms with van der Waals surface area (Å²) in [6, 6.07) is 5.85. The minimum absolute atomic E-state index is 0.00823. The minimum Gasteiger partial charge on any atom is -0.480 e. The number of guanidine groups is 1. The number of primary amides is 1. The quantitative estimate of drug-likeness (QED) is 0.0268. The molecule has 0 aliphatic heterocycles. The highest BCUT2D eigenvalue weighted by Crippen LogP contribution is 2.14. The van der Waals surface area contributed by atoms with Gasteiger partial charge in [0, 0.05) is 6.54 Å². The van der Waals surface area contributed by atoms with Crippen molar-refractivity contribution in [3.8, 4) is 0 Å². The van der Waals surface area contributed by atoms with Crippen LogP contribution in [0.3, 0.4) is 0 Å². The second kappa shape index (κ2) is 35.5. The van der Waals surface area contributed by atoms with Crippen LogP contribution in [0.15, 0.2) is 65.7 Å². The number of aliphatic carboxylic acids is 1. The molecule has 10 amide bonds. The number of ether oxygens (including phenoxy) is 2. The lowest BCUT2D eigenvalue weighted by Gasteiger charge is -2.30. The smallest absolute Gasteiger partial charge is 0.437 e. The lowest BCUT2D eigenvalue weighted by atomic mass is 9.96. The number of hydrogen-bond donors (Lipinski definition) is 14. The predicted molar refractivity (Wildman–Crippen MR) is 293 cm³/mol. The second-order valence-corrected chi connectivity index (χ2v) is 20.0. The van der Waals surface area contributed by atoms with Gasteiger partial charge in [0.15, 0.2) is 0 Å². The monoisotopic (exact) mass is 1160 g/mol.